The summed E-state index contributed by atoms with van der Waals surface area (Å²) in [6.45, 7) is 0. The molecule has 4 rings (SSSR count). The summed E-state index contributed by atoms with van der Waals surface area (Å²) < 4.78 is 14.6. The van der Waals surface area contributed by atoms with Gasteiger partial charge >= 0.3 is 0 Å². The average molecular weight is 343 g/mol. The number of hydrogen-bond donors (Lipinski definition) is 2. The van der Waals surface area contributed by atoms with Gasteiger partial charge in [-0.1, -0.05) is 29.8 Å². The molecule has 0 saturated carbocycles. The topological polar surface area (TPSA) is 41.1 Å². The van der Waals surface area contributed by atoms with Crippen molar-refractivity contribution < 1.29 is 9.18 Å². The van der Waals surface area contributed by atoms with Crippen molar-refractivity contribution in [1.29, 1.82) is 0 Å². The molecule has 0 saturated heterocycles. The molecule has 1 atom stereocenters. The van der Waals surface area contributed by atoms with E-state index < -0.39 is 11.9 Å². The summed E-state index contributed by atoms with van der Waals surface area (Å²) in [7, 11) is 0. The van der Waals surface area contributed by atoms with Crippen LogP contribution in [-0.2, 0) is 4.79 Å². The number of rotatable bonds is 1. The van der Waals surface area contributed by atoms with Crippen LogP contribution in [-0.4, -0.2) is 5.78 Å². The smallest absolute Gasteiger partial charge is 0.163 e. The highest BCUT2D eigenvalue weighted by atomic mass is 35.5. The fourth-order valence-corrected chi connectivity index (χ4v) is 3.71. The Kier molecular flexibility index (Phi) is 3.77. The highest BCUT2D eigenvalue weighted by Crippen LogP contribution is 2.42. The lowest BCUT2D eigenvalue weighted by Crippen LogP contribution is -2.24. The maximum atomic E-state index is 14.6. The van der Waals surface area contributed by atoms with Crippen LogP contribution < -0.4 is 10.6 Å². The minimum atomic E-state index is -0.599. The predicted octanol–water partition coefficient (Wildman–Crippen LogP) is 5.06. The number of anilines is 2. The largest absolute Gasteiger partial charge is 0.372 e. The molecular formula is C19H16ClFN2O. The first kappa shape index (κ1) is 15.2. The van der Waals surface area contributed by atoms with Crippen molar-refractivity contribution in [2.24, 2.45) is 0 Å². The third-order valence-corrected chi connectivity index (χ3v) is 4.88. The standard InChI is InChI=1S/C19H16ClFN2O/c20-11-5-3-6-12(21)17(11)19-18-15(9-4-10-16(18)24)22-13-7-1-2-8-14(13)23-19/h1-3,5-8,19,22-23H,4,9-10H2/t19-/m1/s1. The lowest BCUT2D eigenvalue weighted by molar-refractivity contribution is -0.116. The van der Waals surface area contributed by atoms with Crippen LogP contribution in [0.15, 0.2) is 53.7 Å². The quantitative estimate of drug-likeness (QED) is 0.760. The first-order valence-corrected chi connectivity index (χ1v) is 8.35. The molecule has 5 heteroatoms. The van der Waals surface area contributed by atoms with Crippen LogP contribution in [0.3, 0.4) is 0 Å². The van der Waals surface area contributed by atoms with Crippen molar-refractivity contribution in [3.63, 3.8) is 0 Å². The Bertz CT molecular complexity index is 842. The van der Waals surface area contributed by atoms with Gasteiger partial charge in [0.25, 0.3) is 0 Å². The summed E-state index contributed by atoms with van der Waals surface area (Å²) in [5.41, 5.74) is 3.47. The Morgan fingerprint density at radius 2 is 1.83 bits per heavy atom. The van der Waals surface area contributed by atoms with Crippen LogP contribution in [0.2, 0.25) is 5.02 Å². The van der Waals surface area contributed by atoms with Crippen molar-refractivity contribution >= 4 is 28.8 Å². The van der Waals surface area contributed by atoms with Crippen LogP contribution in [0.5, 0.6) is 0 Å². The van der Waals surface area contributed by atoms with E-state index in [9.17, 15) is 9.18 Å². The third kappa shape index (κ3) is 2.47. The molecule has 0 amide bonds. The first-order chi connectivity index (χ1) is 11.6. The molecule has 0 fully saturated rings. The van der Waals surface area contributed by atoms with Gasteiger partial charge < -0.3 is 10.6 Å². The third-order valence-electron chi connectivity index (χ3n) is 4.55. The Labute approximate surface area is 144 Å². The minimum absolute atomic E-state index is 0.0355. The van der Waals surface area contributed by atoms with Crippen LogP contribution in [0.1, 0.15) is 30.9 Å². The van der Waals surface area contributed by atoms with Gasteiger partial charge in [0.2, 0.25) is 0 Å². The fraction of sp³-hybridized carbons (Fsp3) is 0.211. The summed E-state index contributed by atoms with van der Waals surface area (Å²) in [5.74, 6) is -0.377. The summed E-state index contributed by atoms with van der Waals surface area (Å²) >= 11 is 6.29. The summed E-state index contributed by atoms with van der Waals surface area (Å²) in [4.78, 5) is 12.6. The van der Waals surface area contributed by atoms with Gasteiger partial charge in [-0.15, -0.1) is 0 Å². The van der Waals surface area contributed by atoms with E-state index in [0.717, 1.165) is 29.9 Å². The Morgan fingerprint density at radius 1 is 1.04 bits per heavy atom. The molecule has 24 heavy (non-hydrogen) atoms. The lowest BCUT2D eigenvalue weighted by Gasteiger charge is -2.26. The molecule has 3 nitrogen and oxygen atoms in total. The number of carbonyl (C=O) groups excluding carboxylic acids is 1. The van der Waals surface area contributed by atoms with Crippen molar-refractivity contribution in [2.75, 3.05) is 10.6 Å². The lowest BCUT2D eigenvalue weighted by atomic mass is 9.86. The number of para-hydroxylation sites is 2. The van der Waals surface area contributed by atoms with Gasteiger partial charge in [-0.25, -0.2) is 4.39 Å². The average Bonchev–Trinajstić information content (AvgIpc) is 2.72. The van der Waals surface area contributed by atoms with Crippen LogP contribution >= 0.6 is 11.6 Å². The second-order valence-electron chi connectivity index (χ2n) is 6.05. The predicted molar refractivity (Wildman–Crippen MR) is 93.7 cm³/mol. The van der Waals surface area contributed by atoms with Crippen molar-refractivity contribution in [3.8, 4) is 0 Å². The number of hydrogen-bond acceptors (Lipinski definition) is 3. The first-order valence-electron chi connectivity index (χ1n) is 7.98. The van der Waals surface area contributed by atoms with E-state index in [1.165, 1.54) is 6.07 Å². The summed E-state index contributed by atoms with van der Waals surface area (Å²) in [6.07, 6.45) is 2.03. The zero-order valence-corrected chi connectivity index (χ0v) is 13.7. The molecule has 2 aliphatic rings. The molecule has 1 aliphatic heterocycles. The number of carbonyl (C=O) groups is 1. The highest BCUT2D eigenvalue weighted by Gasteiger charge is 2.34. The molecular weight excluding hydrogens is 327 g/mol. The molecule has 2 aromatic rings. The molecule has 1 heterocycles. The molecule has 0 unspecified atom stereocenters. The van der Waals surface area contributed by atoms with Crippen molar-refractivity contribution in [3.05, 3.63) is 70.1 Å². The second kappa shape index (κ2) is 5.95. The number of ketones is 1. The van der Waals surface area contributed by atoms with Gasteiger partial charge in [-0.3, -0.25) is 4.79 Å². The Morgan fingerprint density at radius 3 is 2.62 bits per heavy atom. The van der Waals surface area contributed by atoms with E-state index >= 15 is 0 Å². The molecule has 1 aliphatic carbocycles. The summed E-state index contributed by atoms with van der Waals surface area (Å²) in [5, 5.41) is 7.00. The van der Waals surface area contributed by atoms with E-state index in [4.69, 9.17) is 11.6 Å². The molecule has 122 valence electrons. The zero-order chi connectivity index (χ0) is 16.7. The molecule has 0 aromatic heterocycles. The van der Waals surface area contributed by atoms with Gasteiger partial charge in [-0.05, 0) is 37.1 Å². The van der Waals surface area contributed by atoms with E-state index in [0.29, 0.717) is 22.6 Å². The van der Waals surface area contributed by atoms with Crippen LogP contribution in [0, 0.1) is 5.82 Å². The van der Waals surface area contributed by atoms with Crippen molar-refractivity contribution in [2.45, 2.75) is 25.3 Å². The number of fused-ring (bicyclic) bond motifs is 1. The monoisotopic (exact) mass is 342 g/mol. The maximum Gasteiger partial charge on any atom is 0.163 e. The molecule has 0 bridgehead atoms. The normalized spacial score (nSPS) is 19.8. The Balaban J connectivity index is 1.94. The van der Waals surface area contributed by atoms with E-state index in [1.54, 1.807) is 12.1 Å². The Hall–Kier alpha value is -2.33. The number of halogens is 2. The second-order valence-corrected chi connectivity index (χ2v) is 6.46. The number of nitrogens with one attached hydrogen (secondary N) is 2. The minimum Gasteiger partial charge on any atom is -0.372 e. The number of Topliss-reactive ketones (excluding diaryl/α,β-unsaturated/α-hetero) is 1. The number of allylic oxidation sites excluding steroid dienone is 1. The van der Waals surface area contributed by atoms with Crippen LogP contribution in [0.4, 0.5) is 15.8 Å². The molecule has 0 spiro atoms. The van der Waals surface area contributed by atoms with E-state index in [1.807, 2.05) is 24.3 Å². The van der Waals surface area contributed by atoms with E-state index in [-0.39, 0.29) is 5.78 Å². The van der Waals surface area contributed by atoms with Gasteiger partial charge in [0, 0.05) is 28.3 Å². The molecule has 0 radical (unpaired) electrons. The molecule has 2 aromatic carbocycles. The van der Waals surface area contributed by atoms with Gasteiger partial charge in [-0.2, -0.15) is 0 Å². The van der Waals surface area contributed by atoms with E-state index in [2.05, 4.69) is 10.6 Å². The fourth-order valence-electron chi connectivity index (χ4n) is 3.44. The highest BCUT2D eigenvalue weighted by molar-refractivity contribution is 6.31. The maximum absolute atomic E-state index is 14.6. The number of benzene rings is 2. The van der Waals surface area contributed by atoms with Gasteiger partial charge in [0.15, 0.2) is 5.78 Å². The summed E-state index contributed by atoms with van der Waals surface area (Å²) in [6, 6.07) is 11.7. The van der Waals surface area contributed by atoms with Gasteiger partial charge in [0.1, 0.15) is 5.82 Å². The van der Waals surface area contributed by atoms with Crippen LogP contribution in [0.25, 0.3) is 0 Å². The zero-order valence-electron chi connectivity index (χ0n) is 12.9. The van der Waals surface area contributed by atoms with Crippen molar-refractivity contribution in [1.82, 2.24) is 0 Å². The van der Waals surface area contributed by atoms with Gasteiger partial charge in [0.05, 0.1) is 17.4 Å². The SMILES string of the molecule is O=C1CCCC2=C1[C@@H](c1c(F)cccc1Cl)Nc1ccccc1N2. The molecule has 2 N–H and O–H groups in total.